The van der Waals surface area contributed by atoms with Crippen LogP contribution in [0.5, 0.6) is 5.75 Å². The van der Waals surface area contributed by atoms with Gasteiger partial charge in [0.15, 0.2) is 6.10 Å². The number of aromatic hydroxyl groups is 1. The summed E-state index contributed by atoms with van der Waals surface area (Å²) in [6, 6.07) is 10.7. The normalized spacial score (nSPS) is 16.0. The minimum atomic E-state index is -0.899. The number of carbonyl (C=O) groups is 2. The number of phenols is 1. The molecule has 0 radical (unpaired) electrons. The monoisotopic (exact) mass is 327 g/mol. The van der Waals surface area contributed by atoms with Crippen molar-refractivity contribution in [2.45, 2.75) is 44.8 Å². The maximum atomic E-state index is 12.3. The quantitative estimate of drug-likeness (QED) is 0.846. The number of ether oxygens (including phenoxy) is 1. The Labute approximate surface area is 140 Å². The molecule has 1 amide bonds. The minimum Gasteiger partial charge on any atom is -0.506 e. The van der Waals surface area contributed by atoms with Gasteiger partial charge < -0.3 is 15.2 Å². The molecule has 5 heteroatoms. The number of hydrogen-bond donors (Lipinski definition) is 2. The van der Waals surface area contributed by atoms with Crippen LogP contribution in [0.4, 0.5) is 0 Å². The van der Waals surface area contributed by atoms with Crippen LogP contribution in [0.2, 0.25) is 0 Å². The van der Waals surface area contributed by atoms with E-state index < -0.39 is 12.1 Å². The number of esters is 1. The molecule has 0 bridgehead atoms. The maximum absolute atomic E-state index is 12.3. The van der Waals surface area contributed by atoms with E-state index in [-0.39, 0.29) is 23.3 Å². The lowest BCUT2D eigenvalue weighted by Crippen LogP contribution is -2.40. The van der Waals surface area contributed by atoms with Crippen LogP contribution in [-0.2, 0) is 9.53 Å². The molecule has 0 unspecified atom stereocenters. The van der Waals surface area contributed by atoms with Crippen LogP contribution in [0.1, 0.15) is 43.0 Å². The molecule has 1 aliphatic rings. The molecule has 24 heavy (non-hydrogen) atoms. The van der Waals surface area contributed by atoms with E-state index in [0.717, 1.165) is 31.1 Å². The van der Waals surface area contributed by atoms with Gasteiger partial charge in [-0.3, -0.25) is 4.79 Å². The van der Waals surface area contributed by atoms with Crippen molar-refractivity contribution in [3.8, 4) is 5.75 Å². The second-order valence-corrected chi connectivity index (χ2v) is 6.22. The van der Waals surface area contributed by atoms with Crippen LogP contribution in [-0.4, -0.2) is 29.1 Å². The van der Waals surface area contributed by atoms with Crippen LogP contribution in [0.3, 0.4) is 0 Å². The van der Waals surface area contributed by atoms with E-state index in [4.69, 9.17) is 4.74 Å². The molecule has 0 saturated heterocycles. The van der Waals surface area contributed by atoms with Gasteiger partial charge in [-0.1, -0.05) is 43.2 Å². The lowest BCUT2D eigenvalue weighted by atomic mass is 10.1. The molecule has 1 saturated carbocycles. The number of amides is 1. The van der Waals surface area contributed by atoms with Crippen LogP contribution >= 0.6 is 0 Å². The highest BCUT2D eigenvalue weighted by Gasteiger charge is 2.24. The highest BCUT2D eigenvalue weighted by molar-refractivity contribution is 6.01. The molecule has 2 aromatic rings. The van der Waals surface area contributed by atoms with Crippen LogP contribution in [0.15, 0.2) is 36.4 Å². The van der Waals surface area contributed by atoms with E-state index in [1.807, 2.05) is 12.1 Å². The summed E-state index contributed by atoms with van der Waals surface area (Å²) in [5.41, 5.74) is 0.0641. The topological polar surface area (TPSA) is 75.6 Å². The number of fused-ring (bicyclic) bond motifs is 1. The summed E-state index contributed by atoms with van der Waals surface area (Å²) in [6.07, 6.45) is 3.27. The Kier molecular flexibility index (Phi) is 4.69. The summed E-state index contributed by atoms with van der Waals surface area (Å²) >= 11 is 0. The first kappa shape index (κ1) is 16.3. The molecule has 1 atom stereocenters. The Bertz CT molecular complexity index is 765. The van der Waals surface area contributed by atoms with Gasteiger partial charge in [0, 0.05) is 11.4 Å². The average Bonchev–Trinajstić information content (AvgIpc) is 3.08. The number of carbonyl (C=O) groups excluding carboxylic acids is 2. The predicted molar refractivity (Wildman–Crippen MR) is 90.9 cm³/mol. The Balaban J connectivity index is 1.70. The van der Waals surface area contributed by atoms with Gasteiger partial charge in [0.2, 0.25) is 0 Å². The Hall–Kier alpha value is -2.56. The molecule has 1 aliphatic carbocycles. The number of nitrogens with one attached hydrogen (secondary N) is 1. The molecule has 126 valence electrons. The van der Waals surface area contributed by atoms with Gasteiger partial charge in [0.05, 0.1) is 0 Å². The summed E-state index contributed by atoms with van der Waals surface area (Å²) in [6.45, 7) is 1.54. The Morgan fingerprint density at radius 1 is 1.17 bits per heavy atom. The van der Waals surface area contributed by atoms with Gasteiger partial charge in [-0.2, -0.15) is 0 Å². The van der Waals surface area contributed by atoms with Crippen molar-refractivity contribution in [1.82, 2.24) is 5.32 Å². The van der Waals surface area contributed by atoms with Crippen molar-refractivity contribution in [2.24, 2.45) is 0 Å². The molecule has 3 rings (SSSR count). The highest BCUT2D eigenvalue weighted by Crippen LogP contribution is 2.29. The zero-order valence-corrected chi connectivity index (χ0v) is 13.6. The van der Waals surface area contributed by atoms with E-state index in [2.05, 4.69) is 5.32 Å². The first-order valence-electron chi connectivity index (χ1n) is 8.28. The third-order valence-electron chi connectivity index (χ3n) is 4.48. The van der Waals surface area contributed by atoms with Gasteiger partial charge in [-0.05, 0) is 31.2 Å². The lowest BCUT2D eigenvalue weighted by Gasteiger charge is -2.17. The third-order valence-corrected chi connectivity index (χ3v) is 4.48. The Morgan fingerprint density at radius 2 is 1.88 bits per heavy atom. The van der Waals surface area contributed by atoms with Gasteiger partial charge >= 0.3 is 5.97 Å². The van der Waals surface area contributed by atoms with Gasteiger partial charge in [0.25, 0.3) is 5.91 Å². The molecule has 0 aliphatic heterocycles. The predicted octanol–water partition coefficient (Wildman–Crippen LogP) is 3.15. The van der Waals surface area contributed by atoms with Crippen molar-refractivity contribution in [1.29, 1.82) is 0 Å². The summed E-state index contributed by atoms with van der Waals surface area (Å²) in [5.74, 6) is -1.12. The fourth-order valence-corrected chi connectivity index (χ4v) is 3.09. The molecule has 0 spiro atoms. The SMILES string of the molecule is C[C@H](OC(=O)c1ccc2ccccc2c1O)C(=O)NC1CCCC1. The molecule has 0 aromatic heterocycles. The fourth-order valence-electron chi connectivity index (χ4n) is 3.09. The van der Waals surface area contributed by atoms with E-state index in [9.17, 15) is 14.7 Å². The van der Waals surface area contributed by atoms with Crippen molar-refractivity contribution in [3.63, 3.8) is 0 Å². The summed E-state index contributed by atoms with van der Waals surface area (Å²) in [4.78, 5) is 24.4. The highest BCUT2D eigenvalue weighted by atomic mass is 16.5. The largest absolute Gasteiger partial charge is 0.506 e. The average molecular weight is 327 g/mol. The first-order valence-corrected chi connectivity index (χ1v) is 8.28. The number of rotatable bonds is 4. The molecule has 5 nitrogen and oxygen atoms in total. The minimum absolute atomic E-state index is 0.0641. The van der Waals surface area contributed by atoms with Crippen LogP contribution in [0.25, 0.3) is 10.8 Å². The second kappa shape index (κ2) is 6.91. The standard InChI is InChI=1S/C19H21NO4/c1-12(18(22)20-14-7-3-4-8-14)24-19(23)16-11-10-13-6-2-5-9-15(13)17(16)21/h2,5-6,9-12,14,21H,3-4,7-8H2,1H3,(H,20,22)/t12-/m0/s1. The zero-order chi connectivity index (χ0) is 17.1. The fraction of sp³-hybridized carbons (Fsp3) is 0.368. The number of hydrogen-bond acceptors (Lipinski definition) is 4. The van der Waals surface area contributed by atoms with Crippen LogP contribution < -0.4 is 5.32 Å². The van der Waals surface area contributed by atoms with Gasteiger partial charge in [-0.15, -0.1) is 0 Å². The molecule has 2 aromatic carbocycles. The van der Waals surface area contributed by atoms with Crippen molar-refractivity contribution in [2.75, 3.05) is 0 Å². The van der Waals surface area contributed by atoms with Gasteiger partial charge in [0.1, 0.15) is 11.3 Å². The van der Waals surface area contributed by atoms with Gasteiger partial charge in [-0.25, -0.2) is 4.79 Å². The van der Waals surface area contributed by atoms with Crippen molar-refractivity contribution in [3.05, 3.63) is 42.0 Å². The summed E-state index contributed by atoms with van der Waals surface area (Å²) < 4.78 is 5.23. The van der Waals surface area contributed by atoms with Crippen molar-refractivity contribution < 1.29 is 19.4 Å². The van der Waals surface area contributed by atoms with Crippen molar-refractivity contribution >= 4 is 22.6 Å². The zero-order valence-electron chi connectivity index (χ0n) is 13.6. The molecular weight excluding hydrogens is 306 g/mol. The maximum Gasteiger partial charge on any atom is 0.342 e. The lowest BCUT2D eigenvalue weighted by molar-refractivity contribution is -0.129. The van der Waals surface area contributed by atoms with E-state index in [1.54, 1.807) is 25.1 Å². The molecule has 0 heterocycles. The third kappa shape index (κ3) is 3.35. The van der Waals surface area contributed by atoms with E-state index in [0.29, 0.717) is 5.39 Å². The molecule has 2 N–H and O–H groups in total. The Morgan fingerprint density at radius 3 is 2.62 bits per heavy atom. The molecular formula is C19H21NO4. The number of phenolic OH excluding ortho intramolecular Hbond substituents is 1. The summed E-state index contributed by atoms with van der Waals surface area (Å²) in [5, 5.41) is 14.6. The smallest absolute Gasteiger partial charge is 0.342 e. The second-order valence-electron chi connectivity index (χ2n) is 6.22. The van der Waals surface area contributed by atoms with E-state index >= 15 is 0 Å². The summed E-state index contributed by atoms with van der Waals surface area (Å²) in [7, 11) is 0. The number of benzene rings is 2. The van der Waals surface area contributed by atoms with E-state index in [1.165, 1.54) is 6.07 Å². The van der Waals surface area contributed by atoms with Crippen LogP contribution in [0, 0.1) is 0 Å². The first-order chi connectivity index (χ1) is 11.6. The molecule has 1 fully saturated rings.